The van der Waals surface area contributed by atoms with Crippen LogP contribution in [0.3, 0.4) is 0 Å². The molecule has 4 nitrogen and oxygen atoms in total. The normalized spacial score (nSPS) is 22.4. The van der Waals surface area contributed by atoms with Gasteiger partial charge in [-0.3, -0.25) is 0 Å². The molecule has 6 heteroatoms. The molecular formula is C15H17F2N3O. The number of nitrogens with two attached hydrogens (primary N) is 1. The summed E-state index contributed by atoms with van der Waals surface area (Å²) >= 11 is 0. The Hall–Kier alpha value is -1.82. The van der Waals surface area contributed by atoms with E-state index in [1.54, 1.807) is 0 Å². The summed E-state index contributed by atoms with van der Waals surface area (Å²) in [5.41, 5.74) is 6.08. The summed E-state index contributed by atoms with van der Waals surface area (Å²) in [6, 6.07) is 3.20. The highest BCUT2D eigenvalue weighted by Gasteiger charge is 2.30. The van der Waals surface area contributed by atoms with E-state index in [4.69, 9.17) is 10.3 Å². The zero-order chi connectivity index (χ0) is 14.8. The van der Waals surface area contributed by atoms with Gasteiger partial charge in [-0.05, 0) is 37.4 Å². The van der Waals surface area contributed by atoms with Crippen molar-refractivity contribution in [3.05, 3.63) is 35.7 Å². The first kappa shape index (κ1) is 14.1. The molecule has 0 bridgehead atoms. The third-order valence-electron chi connectivity index (χ3n) is 4.09. The van der Waals surface area contributed by atoms with Gasteiger partial charge in [0.15, 0.2) is 0 Å². The van der Waals surface area contributed by atoms with Gasteiger partial charge in [0.2, 0.25) is 11.7 Å². The molecule has 0 aliphatic heterocycles. The van der Waals surface area contributed by atoms with Gasteiger partial charge in [0, 0.05) is 17.5 Å². The van der Waals surface area contributed by atoms with Crippen molar-refractivity contribution in [1.82, 2.24) is 10.1 Å². The van der Waals surface area contributed by atoms with Crippen LogP contribution in [0.15, 0.2) is 22.7 Å². The molecule has 112 valence electrons. The fourth-order valence-electron chi connectivity index (χ4n) is 3.00. The predicted octanol–water partition coefficient (Wildman–Crippen LogP) is 3.25. The largest absolute Gasteiger partial charge is 0.339 e. The summed E-state index contributed by atoms with van der Waals surface area (Å²) in [7, 11) is 0. The molecule has 1 aliphatic carbocycles. The Morgan fingerprint density at radius 1 is 1.14 bits per heavy atom. The second-order valence-electron chi connectivity index (χ2n) is 5.50. The molecule has 2 atom stereocenters. The minimum absolute atomic E-state index is 0.142. The Balaban J connectivity index is 1.88. The zero-order valence-electron chi connectivity index (χ0n) is 11.6. The van der Waals surface area contributed by atoms with Gasteiger partial charge in [-0.25, -0.2) is 8.78 Å². The first-order valence-corrected chi connectivity index (χ1v) is 7.17. The summed E-state index contributed by atoms with van der Waals surface area (Å²) in [6.45, 7) is 0.580. The van der Waals surface area contributed by atoms with Crippen LogP contribution in [0.5, 0.6) is 0 Å². The van der Waals surface area contributed by atoms with Gasteiger partial charge < -0.3 is 10.3 Å². The summed E-state index contributed by atoms with van der Waals surface area (Å²) < 4.78 is 31.8. The van der Waals surface area contributed by atoms with Crippen LogP contribution in [0.25, 0.3) is 11.4 Å². The van der Waals surface area contributed by atoms with E-state index >= 15 is 0 Å². The van der Waals surface area contributed by atoms with Crippen LogP contribution in [-0.4, -0.2) is 16.7 Å². The highest BCUT2D eigenvalue weighted by Crippen LogP contribution is 2.37. The molecule has 0 amide bonds. The molecule has 1 heterocycles. The number of hydrogen-bond donors (Lipinski definition) is 1. The minimum atomic E-state index is -0.658. The standard InChI is InChI=1S/C15H17F2N3O/c16-11-5-10(6-12(17)7-11)14-19-15(21-20-14)13-4-2-1-3-9(13)8-18/h5-7,9,13H,1-4,8,18H2. The van der Waals surface area contributed by atoms with E-state index in [0.29, 0.717) is 18.4 Å². The Kier molecular flexibility index (Phi) is 3.96. The number of halogens is 2. The molecule has 0 radical (unpaired) electrons. The minimum Gasteiger partial charge on any atom is -0.339 e. The van der Waals surface area contributed by atoms with Crippen molar-refractivity contribution in [3.63, 3.8) is 0 Å². The van der Waals surface area contributed by atoms with Crippen molar-refractivity contribution >= 4 is 0 Å². The number of benzene rings is 1. The molecular weight excluding hydrogens is 276 g/mol. The van der Waals surface area contributed by atoms with Crippen LogP contribution in [0, 0.1) is 17.6 Å². The maximum Gasteiger partial charge on any atom is 0.230 e. The van der Waals surface area contributed by atoms with E-state index in [-0.39, 0.29) is 17.3 Å². The molecule has 2 unspecified atom stereocenters. The smallest absolute Gasteiger partial charge is 0.230 e. The van der Waals surface area contributed by atoms with Crippen molar-refractivity contribution in [1.29, 1.82) is 0 Å². The molecule has 1 aromatic heterocycles. The second-order valence-corrected chi connectivity index (χ2v) is 5.50. The number of aromatic nitrogens is 2. The average Bonchev–Trinajstić information content (AvgIpc) is 2.96. The maximum atomic E-state index is 13.2. The molecule has 3 rings (SSSR count). The zero-order valence-corrected chi connectivity index (χ0v) is 11.6. The summed E-state index contributed by atoms with van der Waals surface area (Å²) in [6.07, 6.45) is 4.27. The van der Waals surface area contributed by atoms with Crippen LogP contribution in [0.4, 0.5) is 8.78 Å². The van der Waals surface area contributed by atoms with Crippen LogP contribution < -0.4 is 5.73 Å². The molecule has 1 fully saturated rings. The Morgan fingerprint density at radius 2 is 1.86 bits per heavy atom. The van der Waals surface area contributed by atoms with Gasteiger partial charge in [-0.1, -0.05) is 18.0 Å². The second kappa shape index (κ2) is 5.89. The van der Waals surface area contributed by atoms with Gasteiger partial charge in [0.25, 0.3) is 0 Å². The van der Waals surface area contributed by atoms with Crippen LogP contribution in [-0.2, 0) is 0 Å². The lowest BCUT2D eigenvalue weighted by molar-refractivity contribution is 0.249. The van der Waals surface area contributed by atoms with Gasteiger partial charge in [0.1, 0.15) is 11.6 Å². The molecule has 1 saturated carbocycles. The van der Waals surface area contributed by atoms with Crippen LogP contribution >= 0.6 is 0 Å². The molecule has 0 saturated heterocycles. The lowest BCUT2D eigenvalue weighted by Gasteiger charge is -2.27. The fourth-order valence-corrected chi connectivity index (χ4v) is 3.00. The van der Waals surface area contributed by atoms with Crippen molar-refractivity contribution in [3.8, 4) is 11.4 Å². The quantitative estimate of drug-likeness (QED) is 0.943. The van der Waals surface area contributed by atoms with Crippen molar-refractivity contribution in [2.75, 3.05) is 6.54 Å². The summed E-state index contributed by atoms with van der Waals surface area (Å²) in [5, 5.41) is 3.85. The van der Waals surface area contributed by atoms with Gasteiger partial charge in [-0.2, -0.15) is 4.98 Å². The van der Waals surface area contributed by atoms with E-state index in [2.05, 4.69) is 10.1 Å². The Bertz CT molecular complexity index is 609. The monoisotopic (exact) mass is 293 g/mol. The lowest BCUT2D eigenvalue weighted by Crippen LogP contribution is -2.25. The SMILES string of the molecule is NCC1CCCCC1c1nc(-c2cc(F)cc(F)c2)no1. The average molecular weight is 293 g/mol. The first-order chi connectivity index (χ1) is 10.2. The first-order valence-electron chi connectivity index (χ1n) is 7.17. The molecule has 2 aromatic rings. The predicted molar refractivity (Wildman–Crippen MR) is 73.4 cm³/mol. The van der Waals surface area contributed by atoms with Gasteiger partial charge >= 0.3 is 0 Å². The van der Waals surface area contributed by atoms with E-state index in [9.17, 15) is 8.78 Å². The Morgan fingerprint density at radius 3 is 2.57 bits per heavy atom. The van der Waals surface area contributed by atoms with E-state index in [1.165, 1.54) is 12.1 Å². The molecule has 1 aliphatic rings. The van der Waals surface area contributed by atoms with Crippen molar-refractivity contribution in [2.45, 2.75) is 31.6 Å². The van der Waals surface area contributed by atoms with E-state index in [0.717, 1.165) is 31.7 Å². The number of nitrogens with zero attached hydrogens (tertiary/aromatic N) is 2. The summed E-state index contributed by atoms with van der Waals surface area (Å²) in [4.78, 5) is 4.32. The van der Waals surface area contributed by atoms with Crippen molar-refractivity contribution in [2.24, 2.45) is 11.7 Å². The molecule has 1 aromatic carbocycles. The Labute approximate surface area is 121 Å². The van der Waals surface area contributed by atoms with E-state index < -0.39 is 11.6 Å². The maximum absolute atomic E-state index is 13.2. The third-order valence-corrected chi connectivity index (χ3v) is 4.09. The van der Waals surface area contributed by atoms with Crippen LogP contribution in [0.1, 0.15) is 37.5 Å². The summed E-state index contributed by atoms with van der Waals surface area (Å²) in [5.74, 6) is -0.114. The van der Waals surface area contributed by atoms with Gasteiger partial charge in [0.05, 0.1) is 0 Å². The third kappa shape index (κ3) is 2.95. The van der Waals surface area contributed by atoms with Gasteiger partial charge in [-0.15, -0.1) is 0 Å². The van der Waals surface area contributed by atoms with Crippen molar-refractivity contribution < 1.29 is 13.3 Å². The highest BCUT2D eigenvalue weighted by atomic mass is 19.1. The number of rotatable bonds is 3. The topological polar surface area (TPSA) is 64.9 Å². The lowest BCUT2D eigenvalue weighted by atomic mass is 9.79. The highest BCUT2D eigenvalue weighted by molar-refractivity contribution is 5.54. The molecule has 2 N–H and O–H groups in total. The number of hydrogen-bond acceptors (Lipinski definition) is 4. The fraction of sp³-hybridized carbons (Fsp3) is 0.467. The van der Waals surface area contributed by atoms with Crippen LogP contribution in [0.2, 0.25) is 0 Å². The molecule has 21 heavy (non-hydrogen) atoms. The van der Waals surface area contributed by atoms with E-state index in [1.807, 2.05) is 0 Å². The molecule has 0 spiro atoms.